The zero-order valence-corrected chi connectivity index (χ0v) is 9.94. The van der Waals surface area contributed by atoms with Crippen LogP contribution in [0.4, 0.5) is 0 Å². The molecule has 0 spiro atoms. The predicted octanol–water partition coefficient (Wildman–Crippen LogP) is 2.25. The van der Waals surface area contributed by atoms with Crippen LogP contribution in [0.5, 0.6) is 0 Å². The van der Waals surface area contributed by atoms with Crippen LogP contribution in [-0.2, 0) is 6.54 Å². The molecule has 1 unspecified atom stereocenters. The highest BCUT2D eigenvalue weighted by Gasteiger charge is 2.15. The van der Waals surface area contributed by atoms with Crippen molar-refractivity contribution in [3.05, 3.63) is 35.9 Å². The minimum absolute atomic E-state index is 0.751. The lowest BCUT2D eigenvalue weighted by atomic mass is 10.0. The summed E-state index contributed by atoms with van der Waals surface area (Å²) in [6.45, 7) is 4.39. The Kier molecular flexibility index (Phi) is 4.37. The van der Waals surface area contributed by atoms with Crippen LogP contribution in [0.15, 0.2) is 30.3 Å². The van der Waals surface area contributed by atoms with E-state index in [4.69, 9.17) is 5.73 Å². The largest absolute Gasteiger partial charge is 0.330 e. The van der Waals surface area contributed by atoms with E-state index >= 15 is 0 Å². The van der Waals surface area contributed by atoms with Crippen LogP contribution in [-0.4, -0.2) is 24.5 Å². The zero-order chi connectivity index (χ0) is 11.2. The molecule has 2 nitrogen and oxygen atoms in total. The maximum Gasteiger partial charge on any atom is 0.0233 e. The van der Waals surface area contributed by atoms with E-state index in [2.05, 4.69) is 35.2 Å². The average Bonchev–Trinajstić information content (AvgIpc) is 2.56. The Hall–Kier alpha value is -0.860. The van der Waals surface area contributed by atoms with Crippen molar-refractivity contribution in [2.24, 2.45) is 11.7 Å². The molecule has 0 radical (unpaired) electrons. The molecule has 1 aliphatic heterocycles. The summed E-state index contributed by atoms with van der Waals surface area (Å²) in [6, 6.07) is 10.7. The van der Waals surface area contributed by atoms with Crippen molar-refractivity contribution in [1.29, 1.82) is 0 Å². The van der Waals surface area contributed by atoms with Crippen LogP contribution in [0.1, 0.15) is 24.8 Å². The number of nitrogens with two attached hydrogens (primary N) is 1. The summed E-state index contributed by atoms with van der Waals surface area (Å²) >= 11 is 0. The predicted molar refractivity (Wildman–Crippen MR) is 68.1 cm³/mol. The van der Waals surface area contributed by atoms with E-state index in [0.717, 1.165) is 19.0 Å². The number of likely N-dealkylation sites (tertiary alicyclic amines) is 1. The summed E-state index contributed by atoms with van der Waals surface area (Å²) in [5.74, 6) is 0.751. The lowest BCUT2D eigenvalue weighted by Gasteiger charge is -2.20. The second kappa shape index (κ2) is 6.02. The van der Waals surface area contributed by atoms with Gasteiger partial charge in [-0.05, 0) is 50.4 Å². The third-order valence-corrected chi connectivity index (χ3v) is 3.52. The van der Waals surface area contributed by atoms with E-state index in [9.17, 15) is 0 Å². The van der Waals surface area contributed by atoms with Crippen LogP contribution in [0.3, 0.4) is 0 Å². The summed E-state index contributed by atoms with van der Waals surface area (Å²) in [6.07, 6.45) is 3.87. The van der Waals surface area contributed by atoms with Crippen molar-refractivity contribution < 1.29 is 0 Å². The van der Waals surface area contributed by atoms with Gasteiger partial charge in [-0.1, -0.05) is 30.3 Å². The monoisotopic (exact) mass is 218 g/mol. The molecule has 1 aliphatic rings. The van der Waals surface area contributed by atoms with Gasteiger partial charge in [0.2, 0.25) is 0 Å². The van der Waals surface area contributed by atoms with Gasteiger partial charge in [-0.2, -0.15) is 0 Å². The molecule has 1 saturated heterocycles. The fourth-order valence-electron chi connectivity index (χ4n) is 2.46. The van der Waals surface area contributed by atoms with Crippen molar-refractivity contribution in [1.82, 2.24) is 4.90 Å². The second-order valence-electron chi connectivity index (χ2n) is 4.79. The number of hydrogen-bond acceptors (Lipinski definition) is 2. The maximum atomic E-state index is 5.75. The average molecular weight is 218 g/mol. The van der Waals surface area contributed by atoms with Gasteiger partial charge in [0.1, 0.15) is 0 Å². The maximum absolute atomic E-state index is 5.75. The van der Waals surface area contributed by atoms with E-state index in [1.54, 1.807) is 0 Å². The molecule has 0 bridgehead atoms. The molecule has 2 N–H and O–H groups in total. The van der Waals surface area contributed by atoms with E-state index in [0.29, 0.717) is 0 Å². The minimum atomic E-state index is 0.751. The van der Waals surface area contributed by atoms with Gasteiger partial charge in [-0.25, -0.2) is 0 Å². The van der Waals surface area contributed by atoms with E-state index < -0.39 is 0 Å². The first-order valence-electron chi connectivity index (χ1n) is 6.35. The third kappa shape index (κ3) is 3.32. The molecule has 2 heteroatoms. The molecule has 1 fully saturated rings. The fourth-order valence-corrected chi connectivity index (χ4v) is 2.46. The highest BCUT2D eigenvalue weighted by Crippen LogP contribution is 2.17. The lowest BCUT2D eigenvalue weighted by molar-refractivity contribution is 0.273. The second-order valence-corrected chi connectivity index (χ2v) is 4.79. The topological polar surface area (TPSA) is 29.3 Å². The van der Waals surface area contributed by atoms with Crippen LogP contribution < -0.4 is 5.73 Å². The van der Waals surface area contributed by atoms with Crippen molar-refractivity contribution in [2.75, 3.05) is 19.6 Å². The Morgan fingerprint density at radius 2 is 1.94 bits per heavy atom. The molecule has 16 heavy (non-hydrogen) atoms. The number of benzene rings is 1. The van der Waals surface area contributed by atoms with Gasteiger partial charge in [0.05, 0.1) is 0 Å². The molecule has 1 atom stereocenters. The van der Waals surface area contributed by atoms with Crippen molar-refractivity contribution in [2.45, 2.75) is 25.8 Å². The molecule has 0 aliphatic carbocycles. The summed E-state index contributed by atoms with van der Waals surface area (Å²) < 4.78 is 0. The lowest BCUT2D eigenvalue weighted by Crippen LogP contribution is -2.24. The van der Waals surface area contributed by atoms with E-state index in [-0.39, 0.29) is 0 Å². The number of hydrogen-bond donors (Lipinski definition) is 1. The normalized spacial score (nSPS) is 22.9. The van der Waals surface area contributed by atoms with E-state index in [1.165, 1.54) is 37.9 Å². The van der Waals surface area contributed by atoms with Gasteiger partial charge in [0, 0.05) is 6.54 Å². The molecule has 1 aromatic rings. The van der Waals surface area contributed by atoms with Crippen LogP contribution in [0.2, 0.25) is 0 Å². The summed E-state index contributed by atoms with van der Waals surface area (Å²) in [5, 5.41) is 0. The molecule has 1 heterocycles. The fraction of sp³-hybridized carbons (Fsp3) is 0.571. The molecule has 0 amide bonds. The molecular formula is C14H22N2. The molecule has 88 valence electrons. The molecular weight excluding hydrogens is 196 g/mol. The standard InChI is InChI=1S/C14H22N2/c15-11-13-7-4-9-16(10-8-13)12-14-5-2-1-3-6-14/h1-3,5-6,13H,4,7-12,15H2. The minimum Gasteiger partial charge on any atom is -0.330 e. The SMILES string of the molecule is NCC1CCCN(Cc2ccccc2)CC1. The summed E-state index contributed by atoms with van der Waals surface area (Å²) in [4.78, 5) is 2.56. The quantitative estimate of drug-likeness (QED) is 0.843. The Labute approximate surface area is 98.4 Å². The van der Waals surface area contributed by atoms with E-state index in [1.807, 2.05) is 0 Å². The van der Waals surface area contributed by atoms with Crippen molar-refractivity contribution in [3.8, 4) is 0 Å². The van der Waals surface area contributed by atoms with Gasteiger partial charge < -0.3 is 5.73 Å². The highest BCUT2D eigenvalue weighted by atomic mass is 15.1. The van der Waals surface area contributed by atoms with Crippen molar-refractivity contribution >= 4 is 0 Å². The smallest absolute Gasteiger partial charge is 0.0233 e. The Bertz CT molecular complexity index is 297. The number of nitrogens with zero attached hydrogens (tertiary/aromatic N) is 1. The van der Waals surface area contributed by atoms with Gasteiger partial charge in [-0.15, -0.1) is 0 Å². The molecule has 0 saturated carbocycles. The molecule has 1 aromatic carbocycles. The first-order chi connectivity index (χ1) is 7.88. The highest BCUT2D eigenvalue weighted by molar-refractivity contribution is 5.14. The van der Waals surface area contributed by atoms with Crippen molar-refractivity contribution in [3.63, 3.8) is 0 Å². The van der Waals surface area contributed by atoms with Crippen LogP contribution in [0, 0.1) is 5.92 Å². The first-order valence-corrected chi connectivity index (χ1v) is 6.35. The Morgan fingerprint density at radius 1 is 1.12 bits per heavy atom. The van der Waals surface area contributed by atoms with Crippen LogP contribution in [0.25, 0.3) is 0 Å². The molecule has 0 aromatic heterocycles. The van der Waals surface area contributed by atoms with Crippen LogP contribution >= 0.6 is 0 Å². The van der Waals surface area contributed by atoms with Gasteiger partial charge in [0.25, 0.3) is 0 Å². The summed E-state index contributed by atoms with van der Waals surface area (Å²) in [5.41, 5.74) is 7.18. The molecule has 2 rings (SSSR count). The zero-order valence-electron chi connectivity index (χ0n) is 9.94. The first kappa shape index (κ1) is 11.6. The van der Waals surface area contributed by atoms with Gasteiger partial charge in [0.15, 0.2) is 0 Å². The number of rotatable bonds is 3. The van der Waals surface area contributed by atoms with Gasteiger partial charge in [-0.3, -0.25) is 4.90 Å². The Balaban J connectivity index is 1.86. The summed E-state index contributed by atoms with van der Waals surface area (Å²) in [7, 11) is 0. The Morgan fingerprint density at radius 3 is 2.69 bits per heavy atom. The third-order valence-electron chi connectivity index (χ3n) is 3.52. The van der Waals surface area contributed by atoms with Gasteiger partial charge >= 0.3 is 0 Å².